The summed E-state index contributed by atoms with van der Waals surface area (Å²) in [5.41, 5.74) is -1.11. The van der Waals surface area contributed by atoms with Crippen molar-refractivity contribution in [2.75, 3.05) is 5.75 Å². The van der Waals surface area contributed by atoms with Gasteiger partial charge in [-0.2, -0.15) is 0 Å². The molecule has 0 aromatic heterocycles. The van der Waals surface area contributed by atoms with Gasteiger partial charge in [-0.3, -0.25) is 4.79 Å². The molecule has 1 rings (SSSR count). The van der Waals surface area contributed by atoms with Gasteiger partial charge in [-0.1, -0.05) is 27.7 Å². The largest absolute Gasteiger partial charge is 0.299 e. The Labute approximate surface area is 104 Å². The Morgan fingerprint density at radius 2 is 1.94 bits per heavy atom. The third-order valence-corrected chi connectivity index (χ3v) is 5.67. The zero-order chi connectivity index (χ0) is 13.5. The molecule has 0 aromatic carbocycles. The van der Waals surface area contributed by atoms with Gasteiger partial charge >= 0.3 is 0 Å². The summed E-state index contributed by atoms with van der Waals surface area (Å²) in [7, 11) is -3.64. The van der Waals surface area contributed by atoms with Crippen LogP contribution in [0.5, 0.6) is 0 Å². The van der Waals surface area contributed by atoms with Crippen molar-refractivity contribution < 1.29 is 13.2 Å². The normalized spacial score (nSPS) is 32.6. The molecule has 17 heavy (non-hydrogen) atoms. The predicted octanol–water partition coefficient (Wildman–Crippen LogP) is 1.70. The summed E-state index contributed by atoms with van der Waals surface area (Å²) >= 11 is 0. The summed E-state index contributed by atoms with van der Waals surface area (Å²) in [5.74, 6) is 0.143. The van der Waals surface area contributed by atoms with Gasteiger partial charge in [0, 0.05) is 11.8 Å². The van der Waals surface area contributed by atoms with Crippen LogP contribution in [-0.4, -0.2) is 20.0 Å². The first-order valence-corrected chi connectivity index (χ1v) is 7.82. The Hall–Kier alpha value is -0.420. The van der Waals surface area contributed by atoms with Crippen molar-refractivity contribution in [3.05, 3.63) is 0 Å². The minimum Gasteiger partial charge on any atom is -0.299 e. The quantitative estimate of drug-likeness (QED) is 0.836. The van der Waals surface area contributed by atoms with E-state index in [1.165, 1.54) is 0 Å². The third-order valence-electron chi connectivity index (χ3n) is 4.77. The van der Waals surface area contributed by atoms with Gasteiger partial charge in [-0.15, -0.1) is 0 Å². The van der Waals surface area contributed by atoms with Crippen LogP contribution in [0.4, 0.5) is 0 Å². The molecule has 0 aliphatic heterocycles. The number of nitrogens with two attached hydrogens (primary N) is 1. The minimum atomic E-state index is -3.64. The van der Waals surface area contributed by atoms with Gasteiger partial charge in [0.05, 0.1) is 5.75 Å². The molecule has 0 heterocycles. The summed E-state index contributed by atoms with van der Waals surface area (Å²) in [6, 6.07) is 0. The standard InChI is InChI=1S/C12H23NO3S/c1-5-10(14)12(8-17(13,15)16)7-6-9(2)11(12,3)4/h9H,5-8H2,1-4H3,(H2,13,15,16). The highest BCUT2D eigenvalue weighted by Gasteiger charge is 2.57. The summed E-state index contributed by atoms with van der Waals surface area (Å²) in [6.45, 7) is 7.84. The molecule has 2 N–H and O–H groups in total. The average molecular weight is 261 g/mol. The molecule has 5 heteroatoms. The van der Waals surface area contributed by atoms with Crippen molar-refractivity contribution in [2.45, 2.75) is 47.0 Å². The molecule has 1 aliphatic rings. The second-order valence-corrected chi connectivity index (χ2v) is 7.44. The zero-order valence-corrected chi connectivity index (χ0v) is 11.9. The lowest BCUT2D eigenvalue weighted by molar-refractivity contribution is -0.132. The number of ketones is 1. The monoisotopic (exact) mass is 261 g/mol. The van der Waals surface area contributed by atoms with Crippen LogP contribution in [0.2, 0.25) is 0 Å². The summed E-state index contributed by atoms with van der Waals surface area (Å²) in [4.78, 5) is 12.3. The lowest BCUT2D eigenvalue weighted by atomic mass is 9.63. The fourth-order valence-corrected chi connectivity index (χ4v) is 4.50. The zero-order valence-electron chi connectivity index (χ0n) is 11.1. The molecule has 1 saturated carbocycles. The van der Waals surface area contributed by atoms with Crippen LogP contribution < -0.4 is 5.14 Å². The van der Waals surface area contributed by atoms with Crippen LogP contribution in [0.1, 0.15) is 47.0 Å². The van der Waals surface area contributed by atoms with Gasteiger partial charge in [0.1, 0.15) is 5.78 Å². The number of carbonyl (C=O) groups excluding carboxylic acids is 1. The maximum Gasteiger partial charge on any atom is 0.210 e. The van der Waals surface area contributed by atoms with Gasteiger partial charge < -0.3 is 0 Å². The molecule has 4 nitrogen and oxygen atoms in total. The number of primary sulfonamides is 1. The maximum absolute atomic E-state index is 12.3. The van der Waals surface area contributed by atoms with E-state index in [2.05, 4.69) is 6.92 Å². The third kappa shape index (κ3) is 2.40. The average Bonchev–Trinajstić information content (AvgIpc) is 2.39. The van der Waals surface area contributed by atoms with E-state index in [4.69, 9.17) is 5.14 Å². The van der Waals surface area contributed by atoms with Crippen molar-refractivity contribution in [1.82, 2.24) is 0 Å². The number of carbonyl (C=O) groups is 1. The Bertz CT molecular complexity index is 413. The molecule has 0 bridgehead atoms. The van der Waals surface area contributed by atoms with Crippen molar-refractivity contribution in [3.8, 4) is 0 Å². The number of hydrogen-bond donors (Lipinski definition) is 1. The predicted molar refractivity (Wildman–Crippen MR) is 67.9 cm³/mol. The lowest BCUT2D eigenvalue weighted by Gasteiger charge is -2.41. The lowest BCUT2D eigenvalue weighted by Crippen LogP contribution is -2.48. The highest BCUT2D eigenvalue weighted by molar-refractivity contribution is 7.89. The van der Waals surface area contributed by atoms with E-state index < -0.39 is 15.4 Å². The SMILES string of the molecule is CCC(=O)C1(CS(N)(=O)=O)CCC(C)C1(C)C. The summed E-state index contributed by atoms with van der Waals surface area (Å²) in [6.07, 6.45) is 1.88. The Balaban J connectivity index is 3.26. The molecular formula is C12H23NO3S. The second-order valence-electron chi connectivity index (χ2n) is 5.83. The number of Topliss-reactive ketones (excluding diaryl/α,β-unsaturated/α-hetero) is 1. The van der Waals surface area contributed by atoms with Crippen molar-refractivity contribution in [3.63, 3.8) is 0 Å². The molecule has 1 aliphatic carbocycles. The van der Waals surface area contributed by atoms with Gasteiger partial charge in [-0.05, 0) is 24.2 Å². The Kier molecular flexibility index (Phi) is 3.75. The van der Waals surface area contributed by atoms with E-state index in [1.807, 2.05) is 13.8 Å². The van der Waals surface area contributed by atoms with Crippen LogP contribution in [0.3, 0.4) is 0 Å². The molecule has 1 fully saturated rings. The number of hydrogen-bond acceptors (Lipinski definition) is 3. The van der Waals surface area contributed by atoms with E-state index in [1.54, 1.807) is 6.92 Å². The molecule has 0 radical (unpaired) electrons. The highest BCUT2D eigenvalue weighted by atomic mass is 32.2. The molecule has 100 valence electrons. The van der Waals surface area contributed by atoms with Crippen LogP contribution in [0.15, 0.2) is 0 Å². The van der Waals surface area contributed by atoms with Crippen LogP contribution in [0.25, 0.3) is 0 Å². The van der Waals surface area contributed by atoms with E-state index in [9.17, 15) is 13.2 Å². The number of rotatable bonds is 4. The van der Waals surface area contributed by atoms with E-state index in [0.717, 1.165) is 6.42 Å². The first kappa shape index (κ1) is 14.6. The summed E-state index contributed by atoms with van der Waals surface area (Å²) < 4.78 is 22.9. The molecule has 2 atom stereocenters. The van der Waals surface area contributed by atoms with Gasteiger partial charge in [0.25, 0.3) is 0 Å². The minimum absolute atomic E-state index is 0.0286. The van der Waals surface area contributed by atoms with Crippen LogP contribution in [0, 0.1) is 16.7 Å². The summed E-state index contributed by atoms with van der Waals surface area (Å²) in [5, 5.41) is 5.18. The van der Waals surface area contributed by atoms with E-state index >= 15 is 0 Å². The smallest absolute Gasteiger partial charge is 0.210 e. The first-order chi connectivity index (χ1) is 7.57. The molecule has 0 spiro atoms. The second kappa shape index (κ2) is 4.35. The van der Waals surface area contributed by atoms with Crippen molar-refractivity contribution in [1.29, 1.82) is 0 Å². The molecular weight excluding hydrogens is 238 g/mol. The van der Waals surface area contributed by atoms with Gasteiger partial charge in [-0.25, -0.2) is 13.6 Å². The van der Waals surface area contributed by atoms with E-state index in [0.29, 0.717) is 18.8 Å². The van der Waals surface area contributed by atoms with Crippen LogP contribution in [-0.2, 0) is 14.8 Å². The fraction of sp³-hybridized carbons (Fsp3) is 0.917. The topological polar surface area (TPSA) is 77.2 Å². The molecule has 2 unspecified atom stereocenters. The molecule has 0 saturated heterocycles. The van der Waals surface area contributed by atoms with Gasteiger partial charge in [0.2, 0.25) is 10.0 Å². The van der Waals surface area contributed by atoms with Crippen molar-refractivity contribution in [2.24, 2.45) is 21.9 Å². The number of sulfonamides is 1. The fourth-order valence-electron chi connectivity index (χ4n) is 3.14. The van der Waals surface area contributed by atoms with Crippen molar-refractivity contribution >= 4 is 15.8 Å². The Morgan fingerprint density at radius 1 is 1.41 bits per heavy atom. The van der Waals surface area contributed by atoms with Gasteiger partial charge in [0.15, 0.2) is 0 Å². The Morgan fingerprint density at radius 3 is 2.24 bits per heavy atom. The molecule has 0 amide bonds. The van der Waals surface area contributed by atoms with Crippen LogP contribution >= 0.6 is 0 Å². The molecule has 0 aromatic rings. The maximum atomic E-state index is 12.3. The first-order valence-electron chi connectivity index (χ1n) is 6.10. The highest BCUT2D eigenvalue weighted by Crippen LogP contribution is 2.57. The van der Waals surface area contributed by atoms with E-state index in [-0.39, 0.29) is 17.0 Å².